The molecule has 2 fully saturated rings. The summed E-state index contributed by atoms with van der Waals surface area (Å²) >= 11 is 0. The lowest BCUT2D eigenvalue weighted by molar-refractivity contribution is -0.152. The van der Waals surface area contributed by atoms with Gasteiger partial charge in [-0.25, -0.2) is 0 Å². The van der Waals surface area contributed by atoms with Gasteiger partial charge in [0.15, 0.2) is 12.4 Å². The van der Waals surface area contributed by atoms with Crippen LogP contribution in [0.5, 0.6) is 0 Å². The van der Waals surface area contributed by atoms with Crippen molar-refractivity contribution in [1.82, 2.24) is 4.90 Å². The fraction of sp³-hybridized carbons (Fsp3) is 0.688. The third-order valence-corrected chi connectivity index (χ3v) is 4.50. The molecule has 1 aliphatic carbocycles. The van der Waals surface area contributed by atoms with Crippen molar-refractivity contribution in [2.75, 3.05) is 13.2 Å². The average molecular weight is 319 g/mol. The van der Waals surface area contributed by atoms with E-state index in [1.54, 1.807) is 11.0 Å². The lowest BCUT2D eigenvalue weighted by Crippen LogP contribution is -2.35. The van der Waals surface area contributed by atoms with Gasteiger partial charge in [-0.1, -0.05) is 12.8 Å². The fourth-order valence-electron chi connectivity index (χ4n) is 3.21. The molecule has 7 heteroatoms. The van der Waals surface area contributed by atoms with Crippen LogP contribution in [0.3, 0.4) is 0 Å². The Balaban J connectivity index is 1.85. The van der Waals surface area contributed by atoms with E-state index in [1.165, 1.54) is 6.92 Å². The van der Waals surface area contributed by atoms with E-state index in [1.807, 2.05) is 0 Å². The molecule has 0 bridgehead atoms. The number of nitrogens with one attached hydrogen (secondary N) is 1. The van der Waals surface area contributed by atoms with Crippen molar-refractivity contribution >= 4 is 23.4 Å². The molecule has 0 aromatic heterocycles. The van der Waals surface area contributed by atoms with Gasteiger partial charge in [0, 0.05) is 24.7 Å². The van der Waals surface area contributed by atoms with E-state index >= 15 is 0 Å². The highest BCUT2D eigenvalue weighted by molar-refractivity contribution is 6.06. The first-order valence-electron chi connectivity index (χ1n) is 7.87. The molecule has 7 nitrogen and oxygen atoms in total. The van der Waals surface area contributed by atoms with Crippen LogP contribution in [-0.4, -0.2) is 47.5 Å². The molecule has 2 rings (SSSR count). The number of esters is 1. The summed E-state index contributed by atoms with van der Waals surface area (Å²) < 4.78 is 4.96. The molecule has 0 aromatic carbocycles. The summed E-state index contributed by atoms with van der Waals surface area (Å²) in [5.74, 6) is -2.94. The number of amides is 1. The summed E-state index contributed by atoms with van der Waals surface area (Å²) in [5.41, 5.74) is -0.0722. The molecule has 0 aromatic rings. The number of likely N-dealkylation sites (tertiary alicyclic amines) is 1. The van der Waals surface area contributed by atoms with Crippen molar-refractivity contribution in [2.45, 2.75) is 45.1 Å². The van der Waals surface area contributed by atoms with E-state index < -0.39 is 30.2 Å². The second kappa shape index (κ2) is 7.36. The van der Waals surface area contributed by atoms with Crippen LogP contribution in [0.4, 0.5) is 0 Å². The number of Topliss-reactive ketones (excluding diaryl/α,β-unsaturated/α-hetero) is 1. The van der Waals surface area contributed by atoms with Gasteiger partial charge in [-0.2, -0.15) is 5.26 Å². The molecule has 1 aliphatic heterocycles. The van der Waals surface area contributed by atoms with Crippen molar-refractivity contribution in [3.8, 4) is 6.07 Å². The molecule has 2 aliphatic rings. The maximum atomic E-state index is 12.0. The first-order valence-corrected chi connectivity index (χ1v) is 7.87. The van der Waals surface area contributed by atoms with Crippen molar-refractivity contribution in [3.05, 3.63) is 0 Å². The predicted octanol–water partition coefficient (Wildman–Crippen LogP) is 1.07. The third-order valence-electron chi connectivity index (χ3n) is 4.50. The molecule has 1 saturated carbocycles. The number of rotatable bonds is 6. The Bertz CT molecular complexity index is 560. The van der Waals surface area contributed by atoms with Crippen LogP contribution < -0.4 is 0 Å². The Morgan fingerprint density at radius 1 is 1.43 bits per heavy atom. The third kappa shape index (κ3) is 3.95. The first kappa shape index (κ1) is 17.1. The van der Waals surface area contributed by atoms with Crippen LogP contribution in [0.2, 0.25) is 0 Å². The van der Waals surface area contributed by atoms with E-state index in [2.05, 4.69) is 0 Å². The maximum Gasteiger partial charge on any atom is 0.311 e. The van der Waals surface area contributed by atoms with Crippen LogP contribution in [-0.2, 0) is 19.1 Å². The molecule has 124 valence electrons. The Hall–Kier alpha value is -2.23. The number of ketones is 1. The van der Waals surface area contributed by atoms with Gasteiger partial charge < -0.3 is 15.0 Å². The Morgan fingerprint density at radius 3 is 2.65 bits per heavy atom. The minimum atomic E-state index is -1.18. The van der Waals surface area contributed by atoms with Gasteiger partial charge in [-0.05, 0) is 19.8 Å². The van der Waals surface area contributed by atoms with Gasteiger partial charge in [0.25, 0.3) is 0 Å². The zero-order valence-electron chi connectivity index (χ0n) is 13.2. The topological polar surface area (TPSA) is 111 Å². The fourth-order valence-corrected chi connectivity index (χ4v) is 3.21. The smallest absolute Gasteiger partial charge is 0.311 e. The van der Waals surface area contributed by atoms with E-state index in [0.717, 1.165) is 25.7 Å². The molecule has 1 amide bonds. The lowest BCUT2D eigenvalue weighted by Gasteiger charge is -2.23. The second-order valence-electron chi connectivity index (χ2n) is 6.20. The minimum absolute atomic E-state index is 0.0320. The van der Waals surface area contributed by atoms with Crippen molar-refractivity contribution in [2.24, 2.45) is 11.8 Å². The monoisotopic (exact) mass is 319 g/mol. The summed E-state index contributed by atoms with van der Waals surface area (Å²) in [6, 6.07) is 1.95. The van der Waals surface area contributed by atoms with E-state index in [0.29, 0.717) is 6.54 Å². The molecule has 1 N–H and O–H groups in total. The normalized spacial score (nSPS) is 22.7. The van der Waals surface area contributed by atoms with Crippen molar-refractivity contribution < 1.29 is 19.1 Å². The lowest BCUT2D eigenvalue weighted by atomic mass is 10.0. The zero-order chi connectivity index (χ0) is 17.0. The van der Waals surface area contributed by atoms with Gasteiger partial charge in [-0.3, -0.25) is 14.4 Å². The van der Waals surface area contributed by atoms with Crippen LogP contribution in [0.25, 0.3) is 0 Å². The van der Waals surface area contributed by atoms with Gasteiger partial charge in [0.1, 0.15) is 5.92 Å². The number of carbonyl (C=O) groups is 3. The van der Waals surface area contributed by atoms with E-state index in [-0.39, 0.29) is 24.1 Å². The van der Waals surface area contributed by atoms with E-state index in [9.17, 15) is 14.4 Å². The largest absolute Gasteiger partial charge is 0.457 e. The quantitative estimate of drug-likeness (QED) is 0.581. The summed E-state index contributed by atoms with van der Waals surface area (Å²) in [7, 11) is 0. The Labute approximate surface area is 135 Å². The highest BCUT2D eigenvalue weighted by Crippen LogP contribution is 2.29. The SMILES string of the molecule is CC(=N)C(C#N)C(=O)COC(=O)[C@@H]1CC(=O)N(C2CCCC2)C1. The second-order valence-corrected chi connectivity index (χ2v) is 6.20. The molecule has 23 heavy (non-hydrogen) atoms. The highest BCUT2D eigenvalue weighted by Gasteiger charge is 2.39. The van der Waals surface area contributed by atoms with Crippen molar-refractivity contribution in [3.63, 3.8) is 0 Å². The number of nitrogens with zero attached hydrogens (tertiary/aromatic N) is 2. The number of nitriles is 1. The summed E-state index contributed by atoms with van der Waals surface area (Å²) in [6.45, 7) is 1.19. The maximum absolute atomic E-state index is 12.0. The Kier molecular flexibility index (Phi) is 5.48. The van der Waals surface area contributed by atoms with Crippen molar-refractivity contribution in [1.29, 1.82) is 10.7 Å². The van der Waals surface area contributed by atoms with Gasteiger partial charge >= 0.3 is 5.97 Å². The van der Waals surface area contributed by atoms with Gasteiger partial charge in [-0.15, -0.1) is 0 Å². The first-order chi connectivity index (χ1) is 10.9. The zero-order valence-corrected chi connectivity index (χ0v) is 13.2. The minimum Gasteiger partial charge on any atom is -0.457 e. The number of hydrogen-bond donors (Lipinski definition) is 1. The van der Waals surface area contributed by atoms with Crippen LogP contribution in [0.15, 0.2) is 0 Å². The molecule has 2 atom stereocenters. The molecule has 1 heterocycles. The molecular formula is C16H21N3O4. The summed E-state index contributed by atoms with van der Waals surface area (Å²) in [6.07, 6.45) is 4.30. The van der Waals surface area contributed by atoms with Crippen LogP contribution in [0, 0.1) is 28.6 Å². The molecule has 1 unspecified atom stereocenters. The molecule has 0 radical (unpaired) electrons. The van der Waals surface area contributed by atoms with Gasteiger partial charge in [0.2, 0.25) is 5.91 Å². The number of hydrogen-bond acceptors (Lipinski definition) is 6. The number of carbonyl (C=O) groups excluding carboxylic acids is 3. The van der Waals surface area contributed by atoms with Crippen LogP contribution >= 0.6 is 0 Å². The standard InChI is InChI=1S/C16H21N3O4/c1-10(18)13(7-17)14(20)9-23-16(22)11-6-15(21)19(8-11)12-4-2-3-5-12/h11-13,18H,2-6,8-9H2,1H3/t11-,13?/m1/s1. The van der Waals surface area contributed by atoms with Gasteiger partial charge in [0.05, 0.1) is 12.0 Å². The molecule has 0 spiro atoms. The molecule has 1 saturated heterocycles. The van der Waals surface area contributed by atoms with Crippen LogP contribution in [0.1, 0.15) is 39.0 Å². The summed E-state index contributed by atoms with van der Waals surface area (Å²) in [5, 5.41) is 16.2. The van der Waals surface area contributed by atoms with E-state index in [4.69, 9.17) is 15.4 Å². The highest BCUT2D eigenvalue weighted by atomic mass is 16.5. The summed E-state index contributed by atoms with van der Waals surface area (Å²) in [4.78, 5) is 37.6. The predicted molar refractivity (Wildman–Crippen MR) is 80.5 cm³/mol. The number of ether oxygens (including phenoxy) is 1. The Morgan fingerprint density at radius 2 is 2.09 bits per heavy atom. The average Bonchev–Trinajstić information content (AvgIpc) is 3.14. The molecular weight excluding hydrogens is 298 g/mol.